The molecule has 1 heterocycles. The second-order valence-corrected chi connectivity index (χ2v) is 3.77. The monoisotopic (exact) mass is 267 g/mol. The minimum atomic E-state index is -0.669. The van der Waals surface area contributed by atoms with E-state index in [1.54, 1.807) is 6.07 Å². The summed E-state index contributed by atoms with van der Waals surface area (Å²) in [5.74, 6) is -1.40. The first kappa shape index (κ1) is 13.1. The highest BCUT2D eigenvalue weighted by molar-refractivity contribution is 5.86. The van der Waals surface area contributed by atoms with Gasteiger partial charge in [-0.15, -0.1) is 0 Å². The Labute approximate surface area is 108 Å². The lowest BCUT2D eigenvalue weighted by atomic mass is 10.3. The summed E-state index contributed by atoms with van der Waals surface area (Å²) in [6.45, 7) is 0.194. The van der Waals surface area contributed by atoms with Crippen LogP contribution in [0.4, 0.5) is 14.5 Å². The van der Waals surface area contributed by atoms with E-state index in [1.807, 2.05) is 0 Å². The summed E-state index contributed by atoms with van der Waals surface area (Å²) in [6.07, 6.45) is 0. The lowest BCUT2D eigenvalue weighted by Crippen LogP contribution is -2.00. The lowest BCUT2D eigenvalue weighted by Gasteiger charge is -2.04. The molecule has 0 bridgehead atoms. The number of halogens is 2. The average Bonchev–Trinajstić information content (AvgIpc) is 2.83. The topological polar surface area (TPSA) is 51.5 Å². The second kappa shape index (κ2) is 5.51. The Hall–Kier alpha value is -2.37. The molecule has 0 aliphatic rings. The molecule has 100 valence electrons. The van der Waals surface area contributed by atoms with E-state index in [1.165, 1.54) is 13.2 Å². The van der Waals surface area contributed by atoms with Crippen LogP contribution in [0.1, 0.15) is 16.3 Å². The number of furan rings is 1. The number of hydrogen-bond donors (Lipinski definition) is 1. The molecule has 0 spiro atoms. The molecule has 0 fully saturated rings. The van der Waals surface area contributed by atoms with E-state index in [0.717, 1.165) is 18.2 Å². The zero-order chi connectivity index (χ0) is 13.8. The van der Waals surface area contributed by atoms with Crippen LogP contribution < -0.4 is 5.32 Å². The fourth-order valence-corrected chi connectivity index (χ4v) is 1.53. The van der Waals surface area contributed by atoms with Crippen molar-refractivity contribution in [2.24, 2.45) is 0 Å². The van der Waals surface area contributed by atoms with Crippen LogP contribution in [0.25, 0.3) is 0 Å². The second-order valence-electron chi connectivity index (χ2n) is 3.77. The van der Waals surface area contributed by atoms with Gasteiger partial charge in [-0.25, -0.2) is 13.6 Å². The first-order chi connectivity index (χ1) is 9.08. The zero-order valence-electron chi connectivity index (χ0n) is 10.1. The summed E-state index contributed by atoms with van der Waals surface area (Å²) in [5.41, 5.74) is 0.286. The number of benzene rings is 1. The van der Waals surface area contributed by atoms with Crippen LogP contribution in [0.15, 0.2) is 34.7 Å². The van der Waals surface area contributed by atoms with E-state index >= 15 is 0 Å². The third-order valence-corrected chi connectivity index (χ3v) is 2.38. The van der Waals surface area contributed by atoms with Gasteiger partial charge in [-0.1, -0.05) is 0 Å². The summed E-state index contributed by atoms with van der Waals surface area (Å²) in [7, 11) is 1.25. The van der Waals surface area contributed by atoms with Crippen molar-refractivity contribution in [3.8, 4) is 0 Å². The molecule has 0 saturated heterocycles. The molecular formula is C13H11F2NO3. The summed E-state index contributed by atoms with van der Waals surface area (Å²) in [6, 6.07) is 6.15. The van der Waals surface area contributed by atoms with Gasteiger partial charge in [-0.05, 0) is 24.3 Å². The van der Waals surface area contributed by atoms with Crippen LogP contribution in [0.2, 0.25) is 0 Å². The Morgan fingerprint density at radius 1 is 1.26 bits per heavy atom. The van der Waals surface area contributed by atoms with Crippen LogP contribution in [-0.4, -0.2) is 13.1 Å². The lowest BCUT2D eigenvalue weighted by molar-refractivity contribution is 0.0563. The van der Waals surface area contributed by atoms with E-state index in [0.29, 0.717) is 5.76 Å². The molecule has 0 aliphatic heterocycles. The molecule has 1 aromatic carbocycles. The van der Waals surface area contributed by atoms with Gasteiger partial charge in [0.05, 0.1) is 13.7 Å². The molecule has 0 aliphatic carbocycles. The normalized spacial score (nSPS) is 10.3. The Bertz CT molecular complexity index is 575. The van der Waals surface area contributed by atoms with Gasteiger partial charge in [0.1, 0.15) is 17.4 Å². The van der Waals surface area contributed by atoms with Crippen molar-refractivity contribution in [3.05, 3.63) is 53.5 Å². The van der Waals surface area contributed by atoms with Crippen molar-refractivity contribution in [1.82, 2.24) is 0 Å². The van der Waals surface area contributed by atoms with Crippen molar-refractivity contribution in [2.75, 3.05) is 12.4 Å². The molecule has 4 nitrogen and oxygen atoms in total. The largest absolute Gasteiger partial charge is 0.463 e. The quantitative estimate of drug-likeness (QED) is 0.865. The van der Waals surface area contributed by atoms with Gasteiger partial charge in [0.25, 0.3) is 0 Å². The molecular weight excluding hydrogens is 256 g/mol. The number of rotatable bonds is 4. The molecule has 2 rings (SSSR count). The fraction of sp³-hybridized carbons (Fsp3) is 0.154. The molecule has 1 aromatic heterocycles. The van der Waals surface area contributed by atoms with E-state index in [2.05, 4.69) is 10.1 Å². The number of carbonyl (C=O) groups excluding carboxylic acids is 1. The van der Waals surface area contributed by atoms with Crippen molar-refractivity contribution >= 4 is 11.7 Å². The fourth-order valence-electron chi connectivity index (χ4n) is 1.53. The minimum absolute atomic E-state index is 0.0738. The van der Waals surface area contributed by atoms with E-state index in [4.69, 9.17) is 4.42 Å². The number of anilines is 1. The van der Waals surface area contributed by atoms with Crippen LogP contribution in [0, 0.1) is 11.6 Å². The van der Waals surface area contributed by atoms with E-state index < -0.39 is 17.6 Å². The SMILES string of the molecule is COC(=O)c1ccc(CNc2cc(F)cc(F)c2)o1. The first-order valence-electron chi connectivity index (χ1n) is 5.45. The average molecular weight is 267 g/mol. The Morgan fingerprint density at radius 3 is 2.58 bits per heavy atom. The molecule has 0 saturated carbocycles. The summed E-state index contributed by atoms with van der Waals surface area (Å²) in [4.78, 5) is 11.2. The molecule has 6 heteroatoms. The van der Waals surface area contributed by atoms with Crippen LogP contribution in [0.5, 0.6) is 0 Å². The number of nitrogens with one attached hydrogen (secondary N) is 1. The maximum Gasteiger partial charge on any atom is 0.373 e. The maximum absolute atomic E-state index is 12.9. The van der Waals surface area contributed by atoms with E-state index in [-0.39, 0.29) is 18.0 Å². The van der Waals surface area contributed by atoms with Crippen molar-refractivity contribution in [1.29, 1.82) is 0 Å². The highest BCUT2D eigenvalue weighted by atomic mass is 19.1. The van der Waals surface area contributed by atoms with Gasteiger partial charge in [-0.2, -0.15) is 0 Å². The standard InChI is InChI=1S/C13H11F2NO3/c1-18-13(17)12-3-2-11(19-12)7-16-10-5-8(14)4-9(15)6-10/h2-6,16H,7H2,1H3. The van der Waals surface area contributed by atoms with Crippen molar-refractivity contribution in [3.63, 3.8) is 0 Å². The number of methoxy groups -OCH3 is 1. The molecule has 0 unspecified atom stereocenters. The molecule has 0 radical (unpaired) electrons. The predicted molar refractivity (Wildman–Crippen MR) is 63.7 cm³/mol. The molecule has 0 atom stereocenters. The van der Waals surface area contributed by atoms with Gasteiger partial charge in [0.2, 0.25) is 5.76 Å². The van der Waals surface area contributed by atoms with Crippen LogP contribution in [-0.2, 0) is 11.3 Å². The molecule has 2 aromatic rings. The predicted octanol–water partition coefficient (Wildman–Crippen LogP) is 2.96. The first-order valence-corrected chi connectivity index (χ1v) is 5.45. The van der Waals surface area contributed by atoms with Gasteiger partial charge in [0.15, 0.2) is 0 Å². The number of esters is 1. The summed E-state index contributed by atoms with van der Waals surface area (Å²) >= 11 is 0. The number of ether oxygens (including phenoxy) is 1. The van der Waals surface area contributed by atoms with Crippen molar-refractivity contribution < 1.29 is 22.7 Å². The van der Waals surface area contributed by atoms with Gasteiger partial charge >= 0.3 is 5.97 Å². The smallest absolute Gasteiger partial charge is 0.373 e. The zero-order valence-corrected chi connectivity index (χ0v) is 10.1. The molecule has 1 N–H and O–H groups in total. The highest BCUT2D eigenvalue weighted by Crippen LogP contribution is 2.15. The Morgan fingerprint density at radius 2 is 1.95 bits per heavy atom. The number of carbonyl (C=O) groups is 1. The Kier molecular flexibility index (Phi) is 3.79. The van der Waals surface area contributed by atoms with Crippen molar-refractivity contribution in [2.45, 2.75) is 6.54 Å². The highest BCUT2D eigenvalue weighted by Gasteiger charge is 2.10. The van der Waals surface area contributed by atoms with Crippen LogP contribution >= 0.6 is 0 Å². The van der Waals surface area contributed by atoms with Gasteiger partial charge in [0, 0.05) is 11.8 Å². The summed E-state index contributed by atoms with van der Waals surface area (Å²) in [5, 5.41) is 2.79. The summed E-state index contributed by atoms with van der Waals surface area (Å²) < 4.78 is 35.6. The molecule has 0 amide bonds. The van der Waals surface area contributed by atoms with Gasteiger partial charge < -0.3 is 14.5 Å². The maximum atomic E-state index is 12.9. The third-order valence-electron chi connectivity index (χ3n) is 2.38. The van der Waals surface area contributed by atoms with E-state index in [9.17, 15) is 13.6 Å². The third kappa shape index (κ3) is 3.31. The number of hydrogen-bond acceptors (Lipinski definition) is 4. The Balaban J connectivity index is 2.02. The van der Waals surface area contributed by atoms with Crippen LogP contribution in [0.3, 0.4) is 0 Å². The molecule has 19 heavy (non-hydrogen) atoms. The van der Waals surface area contributed by atoms with Gasteiger partial charge in [-0.3, -0.25) is 0 Å². The minimum Gasteiger partial charge on any atom is -0.463 e.